The van der Waals surface area contributed by atoms with Gasteiger partial charge in [-0.1, -0.05) is 42.5 Å². The Labute approximate surface area is 144 Å². The van der Waals surface area contributed by atoms with E-state index in [2.05, 4.69) is 5.10 Å². The van der Waals surface area contributed by atoms with Crippen molar-refractivity contribution in [3.05, 3.63) is 89.9 Å². The minimum atomic E-state index is -0.302. The molecule has 1 aromatic heterocycles. The Morgan fingerprint density at radius 1 is 1.04 bits per heavy atom. The normalized spacial score (nSPS) is 16.7. The molecule has 0 saturated heterocycles. The molecule has 0 unspecified atom stereocenters. The van der Waals surface area contributed by atoms with E-state index in [1.165, 1.54) is 11.3 Å². The first-order chi connectivity index (χ1) is 12.2. The smallest absolute Gasteiger partial charge is 0.310 e. The second-order valence-corrected chi connectivity index (χ2v) is 5.82. The number of carbonyl (C=O) groups is 1. The lowest BCUT2D eigenvalue weighted by molar-refractivity contribution is 0.0678. The molecule has 0 aliphatic carbocycles. The third kappa shape index (κ3) is 2.80. The van der Waals surface area contributed by atoms with Gasteiger partial charge in [-0.05, 0) is 29.8 Å². The molecule has 1 N–H and O–H groups in total. The summed E-state index contributed by atoms with van der Waals surface area (Å²) in [5.41, 5.74) is 2.29. The van der Waals surface area contributed by atoms with Crippen molar-refractivity contribution < 1.29 is 14.3 Å². The standard InChI is InChI=1S/C20H16N2O3/c23-18-10-5-4-9-15(18)16-13-17(14-7-2-1-3-8-14)22(21-16)20(24)19-11-6-12-25-19/h1-12,17,23H,13H2/t17-/m0/s1. The summed E-state index contributed by atoms with van der Waals surface area (Å²) in [6, 6.07) is 19.8. The van der Waals surface area contributed by atoms with E-state index in [4.69, 9.17) is 4.42 Å². The molecule has 0 spiro atoms. The first kappa shape index (κ1) is 15.2. The van der Waals surface area contributed by atoms with Crippen LogP contribution in [-0.2, 0) is 0 Å². The molecule has 1 atom stereocenters. The zero-order valence-electron chi connectivity index (χ0n) is 13.4. The Morgan fingerprint density at radius 2 is 1.80 bits per heavy atom. The van der Waals surface area contributed by atoms with Crippen molar-refractivity contribution in [3.8, 4) is 5.75 Å². The van der Waals surface area contributed by atoms with Crippen molar-refractivity contribution in [2.75, 3.05) is 0 Å². The van der Waals surface area contributed by atoms with Gasteiger partial charge in [-0.25, -0.2) is 5.01 Å². The second kappa shape index (κ2) is 6.28. The first-order valence-electron chi connectivity index (χ1n) is 8.02. The predicted octanol–water partition coefficient (Wildman–Crippen LogP) is 3.98. The van der Waals surface area contributed by atoms with E-state index < -0.39 is 0 Å². The number of amides is 1. The SMILES string of the molecule is O=C(c1ccco1)N1N=C(c2ccccc2O)C[C@H]1c1ccccc1. The van der Waals surface area contributed by atoms with Crippen LogP contribution in [0.1, 0.15) is 34.1 Å². The highest BCUT2D eigenvalue weighted by molar-refractivity contribution is 6.06. The number of para-hydroxylation sites is 1. The molecule has 0 saturated carbocycles. The van der Waals surface area contributed by atoms with Gasteiger partial charge < -0.3 is 9.52 Å². The maximum Gasteiger partial charge on any atom is 0.310 e. The highest BCUT2D eigenvalue weighted by Crippen LogP contribution is 2.35. The van der Waals surface area contributed by atoms with E-state index >= 15 is 0 Å². The minimum absolute atomic E-state index is 0.153. The van der Waals surface area contributed by atoms with E-state index in [1.54, 1.807) is 30.3 Å². The summed E-state index contributed by atoms with van der Waals surface area (Å²) in [7, 11) is 0. The van der Waals surface area contributed by atoms with Crippen molar-refractivity contribution in [3.63, 3.8) is 0 Å². The van der Waals surface area contributed by atoms with Crippen molar-refractivity contribution in [2.45, 2.75) is 12.5 Å². The van der Waals surface area contributed by atoms with Gasteiger partial charge in [0.25, 0.3) is 0 Å². The number of hydrogen-bond acceptors (Lipinski definition) is 4. The van der Waals surface area contributed by atoms with Gasteiger partial charge >= 0.3 is 5.91 Å². The van der Waals surface area contributed by atoms with Crippen LogP contribution < -0.4 is 0 Å². The number of hydrogen-bond donors (Lipinski definition) is 1. The summed E-state index contributed by atoms with van der Waals surface area (Å²) in [6.45, 7) is 0. The monoisotopic (exact) mass is 332 g/mol. The lowest BCUT2D eigenvalue weighted by atomic mass is 9.98. The number of furan rings is 1. The highest BCUT2D eigenvalue weighted by atomic mass is 16.3. The highest BCUT2D eigenvalue weighted by Gasteiger charge is 2.35. The second-order valence-electron chi connectivity index (χ2n) is 5.82. The lowest BCUT2D eigenvalue weighted by Crippen LogP contribution is -2.26. The number of aromatic hydroxyl groups is 1. The maximum atomic E-state index is 12.8. The molecule has 5 nitrogen and oxygen atoms in total. The number of benzene rings is 2. The number of carbonyl (C=O) groups excluding carboxylic acids is 1. The van der Waals surface area contributed by atoms with E-state index in [9.17, 15) is 9.90 Å². The van der Waals surface area contributed by atoms with Crippen molar-refractivity contribution in [1.82, 2.24) is 5.01 Å². The van der Waals surface area contributed by atoms with Crippen LogP contribution in [0.3, 0.4) is 0 Å². The van der Waals surface area contributed by atoms with Crippen LogP contribution in [0.25, 0.3) is 0 Å². The molecule has 0 fully saturated rings. The third-order valence-corrected chi connectivity index (χ3v) is 4.25. The van der Waals surface area contributed by atoms with Crippen LogP contribution in [0.15, 0.2) is 82.5 Å². The van der Waals surface area contributed by atoms with E-state index in [0.717, 1.165) is 5.56 Å². The molecule has 5 heteroatoms. The predicted molar refractivity (Wildman–Crippen MR) is 93.3 cm³/mol. The van der Waals surface area contributed by atoms with Gasteiger partial charge in [0, 0.05) is 12.0 Å². The van der Waals surface area contributed by atoms with Crippen LogP contribution >= 0.6 is 0 Å². The molecule has 0 radical (unpaired) electrons. The zero-order valence-corrected chi connectivity index (χ0v) is 13.4. The largest absolute Gasteiger partial charge is 0.507 e. The van der Waals surface area contributed by atoms with Crippen molar-refractivity contribution in [1.29, 1.82) is 0 Å². The van der Waals surface area contributed by atoms with Crippen LogP contribution in [-0.4, -0.2) is 21.7 Å². The van der Waals surface area contributed by atoms with Crippen molar-refractivity contribution in [2.24, 2.45) is 5.10 Å². The van der Waals surface area contributed by atoms with Crippen LogP contribution in [0, 0.1) is 0 Å². The molecule has 25 heavy (non-hydrogen) atoms. The molecular weight excluding hydrogens is 316 g/mol. The summed E-state index contributed by atoms with van der Waals surface area (Å²) in [4.78, 5) is 12.8. The molecule has 2 heterocycles. The quantitative estimate of drug-likeness (QED) is 0.789. The molecule has 0 bridgehead atoms. The molecule has 2 aromatic carbocycles. The Hall–Kier alpha value is -3.34. The number of hydrazone groups is 1. The average molecular weight is 332 g/mol. The lowest BCUT2D eigenvalue weighted by Gasteiger charge is -2.21. The Bertz CT molecular complexity index is 917. The number of phenolic OH excluding ortho intramolecular Hbond substituents is 1. The summed E-state index contributed by atoms with van der Waals surface area (Å²) in [5.74, 6) is 0.0906. The average Bonchev–Trinajstić information content (AvgIpc) is 3.32. The number of phenols is 1. The Kier molecular flexibility index (Phi) is 3.82. The first-order valence-corrected chi connectivity index (χ1v) is 8.02. The fourth-order valence-corrected chi connectivity index (χ4v) is 3.03. The van der Waals surface area contributed by atoms with Crippen LogP contribution in [0.2, 0.25) is 0 Å². The van der Waals surface area contributed by atoms with E-state index in [0.29, 0.717) is 17.7 Å². The fourth-order valence-electron chi connectivity index (χ4n) is 3.03. The van der Waals surface area contributed by atoms with Crippen LogP contribution in [0.5, 0.6) is 5.75 Å². The molecule has 1 amide bonds. The molecule has 1 aliphatic rings. The maximum absolute atomic E-state index is 12.8. The molecule has 1 aliphatic heterocycles. The molecule has 4 rings (SSSR count). The van der Waals surface area contributed by atoms with Gasteiger partial charge in [-0.3, -0.25) is 4.79 Å². The van der Waals surface area contributed by atoms with E-state index in [-0.39, 0.29) is 23.5 Å². The number of nitrogens with zero attached hydrogens (tertiary/aromatic N) is 2. The van der Waals surface area contributed by atoms with Crippen LogP contribution in [0.4, 0.5) is 0 Å². The van der Waals surface area contributed by atoms with Gasteiger partial charge in [0.05, 0.1) is 18.0 Å². The summed E-state index contributed by atoms with van der Waals surface area (Å²) in [6.07, 6.45) is 1.99. The Morgan fingerprint density at radius 3 is 2.52 bits per heavy atom. The topological polar surface area (TPSA) is 66.0 Å². The summed E-state index contributed by atoms with van der Waals surface area (Å²) < 4.78 is 5.25. The Balaban J connectivity index is 1.75. The minimum Gasteiger partial charge on any atom is -0.507 e. The van der Waals surface area contributed by atoms with Gasteiger partial charge in [0.15, 0.2) is 5.76 Å². The zero-order chi connectivity index (χ0) is 17.2. The summed E-state index contributed by atoms with van der Waals surface area (Å²) >= 11 is 0. The van der Waals surface area contributed by atoms with Gasteiger partial charge in [-0.15, -0.1) is 0 Å². The number of rotatable bonds is 3. The van der Waals surface area contributed by atoms with Gasteiger partial charge in [0.2, 0.25) is 0 Å². The van der Waals surface area contributed by atoms with Gasteiger partial charge in [-0.2, -0.15) is 5.10 Å². The fraction of sp³-hybridized carbons (Fsp3) is 0.100. The summed E-state index contributed by atoms with van der Waals surface area (Å²) in [5, 5.41) is 16.1. The molecule has 124 valence electrons. The van der Waals surface area contributed by atoms with Crippen molar-refractivity contribution >= 4 is 11.6 Å². The molecular formula is C20H16N2O3. The molecule has 3 aromatic rings. The van der Waals surface area contributed by atoms with Gasteiger partial charge in [0.1, 0.15) is 5.75 Å². The van der Waals surface area contributed by atoms with E-state index in [1.807, 2.05) is 36.4 Å². The third-order valence-electron chi connectivity index (χ3n) is 4.25.